The summed E-state index contributed by atoms with van der Waals surface area (Å²) in [6, 6.07) is 0. The van der Waals surface area contributed by atoms with Gasteiger partial charge in [0.25, 0.3) is 5.71 Å². The fourth-order valence-corrected chi connectivity index (χ4v) is 2.23. The SMILES string of the molecule is Cc1noc2ncnc(NC3(C)CCNC3)c12. The van der Waals surface area contributed by atoms with Crippen molar-refractivity contribution in [1.29, 1.82) is 0 Å². The average Bonchev–Trinajstić information content (AvgIpc) is 2.87. The first kappa shape index (κ1) is 10.5. The molecule has 2 aromatic heterocycles. The number of hydrogen-bond donors (Lipinski definition) is 2. The highest BCUT2D eigenvalue weighted by atomic mass is 16.5. The molecule has 2 aromatic rings. The largest absolute Gasteiger partial charge is 0.363 e. The molecule has 1 unspecified atom stereocenters. The van der Waals surface area contributed by atoms with E-state index in [2.05, 4.69) is 32.7 Å². The molecule has 1 aliphatic heterocycles. The predicted molar refractivity (Wildman–Crippen MR) is 63.9 cm³/mol. The van der Waals surface area contributed by atoms with Crippen LogP contribution in [0, 0.1) is 6.92 Å². The zero-order valence-electron chi connectivity index (χ0n) is 9.95. The molecule has 3 rings (SSSR count). The van der Waals surface area contributed by atoms with Gasteiger partial charge in [0, 0.05) is 12.1 Å². The number of anilines is 1. The van der Waals surface area contributed by atoms with Crippen molar-refractivity contribution in [2.24, 2.45) is 0 Å². The van der Waals surface area contributed by atoms with Crippen LogP contribution in [0.3, 0.4) is 0 Å². The van der Waals surface area contributed by atoms with Crippen LogP contribution in [0.1, 0.15) is 19.0 Å². The summed E-state index contributed by atoms with van der Waals surface area (Å²) in [4.78, 5) is 8.36. The van der Waals surface area contributed by atoms with Gasteiger partial charge in [0.15, 0.2) is 0 Å². The molecule has 2 N–H and O–H groups in total. The van der Waals surface area contributed by atoms with E-state index in [1.165, 1.54) is 6.33 Å². The third kappa shape index (κ3) is 1.74. The summed E-state index contributed by atoms with van der Waals surface area (Å²) in [6.07, 6.45) is 2.57. The number of rotatable bonds is 2. The van der Waals surface area contributed by atoms with Gasteiger partial charge < -0.3 is 15.2 Å². The van der Waals surface area contributed by atoms with Crippen molar-refractivity contribution < 1.29 is 4.52 Å². The maximum atomic E-state index is 5.13. The minimum absolute atomic E-state index is 0.0327. The topological polar surface area (TPSA) is 75.9 Å². The zero-order valence-corrected chi connectivity index (χ0v) is 9.95. The van der Waals surface area contributed by atoms with Gasteiger partial charge in [-0.2, -0.15) is 4.98 Å². The molecule has 0 aliphatic carbocycles. The highest BCUT2D eigenvalue weighted by Gasteiger charge is 2.29. The molecule has 0 saturated carbocycles. The Bertz CT molecular complexity index is 544. The second-order valence-electron chi connectivity index (χ2n) is 4.78. The lowest BCUT2D eigenvalue weighted by atomic mass is 10.0. The van der Waals surface area contributed by atoms with E-state index in [1.54, 1.807) is 0 Å². The van der Waals surface area contributed by atoms with Crippen molar-refractivity contribution in [2.75, 3.05) is 18.4 Å². The van der Waals surface area contributed by atoms with E-state index in [1.807, 2.05) is 6.92 Å². The van der Waals surface area contributed by atoms with Crippen LogP contribution in [0.5, 0.6) is 0 Å². The molecule has 1 aliphatic rings. The van der Waals surface area contributed by atoms with E-state index in [0.717, 1.165) is 36.4 Å². The summed E-state index contributed by atoms with van der Waals surface area (Å²) in [7, 11) is 0. The second-order valence-corrected chi connectivity index (χ2v) is 4.78. The van der Waals surface area contributed by atoms with E-state index in [0.29, 0.717) is 5.71 Å². The standard InChI is InChI=1S/C11H15N5O/c1-7-8-9(13-6-14-10(8)17-16-7)15-11(2)3-4-12-5-11/h6,12H,3-5H2,1-2H3,(H,13,14,15). The summed E-state index contributed by atoms with van der Waals surface area (Å²) in [5.74, 6) is 0.806. The minimum atomic E-state index is 0.0327. The van der Waals surface area contributed by atoms with Gasteiger partial charge in [-0.1, -0.05) is 5.16 Å². The van der Waals surface area contributed by atoms with Gasteiger partial charge in [0.2, 0.25) is 0 Å². The Balaban J connectivity index is 2.02. The Morgan fingerprint density at radius 2 is 2.35 bits per heavy atom. The van der Waals surface area contributed by atoms with Gasteiger partial charge in [0.1, 0.15) is 17.5 Å². The Hall–Kier alpha value is -1.69. The quantitative estimate of drug-likeness (QED) is 0.808. The Morgan fingerprint density at radius 3 is 3.12 bits per heavy atom. The molecule has 1 saturated heterocycles. The number of aryl methyl sites for hydroxylation is 1. The molecular weight excluding hydrogens is 218 g/mol. The molecule has 0 aromatic carbocycles. The van der Waals surface area contributed by atoms with Gasteiger partial charge in [-0.25, -0.2) is 4.98 Å². The molecule has 0 spiro atoms. The van der Waals surface area contributed by atoms with E-state index < -0.39 is 0 Å². The van der Waals surface area contributed by atoms with Gasteiger partial charge in [-0.15, -0.1) is 0 Å². The first-order valence-corrected chi connectivity index (χ1v) is 5.74. The minimum Gasteiger partial charge on any atom is -0.363 e. The monoisotopic (exact) mass is 233 g/mol. The van der Waals surface area contributed by atoms with Gasteiger partial charge >= 0.3 is 0 Å². The first-order chi connectivity index (χ1) is 8.18. The van der Waals surface area contributed by atoms with Crippen LogP contribution >= 0.6 is 0 Å². The first-order valence-electron chi connectivity index (χ1n) is 5.74. The average molecular weight is 233 g/mol. The van der Waals surface area contributed by atoms with Crippen LogP contribution in [0.15, 0.2) is 10.9 Å². The smallest absolute Gasteiger partial charge is 0.263 e. The van der Waals surface area contributed by atoms with Crippen LogP contribution < -0.4 is 10.6 Å². The highest BCUT2D eigenvalue weighted by Crippen LogP contribution is 2.27. The van der Waals surface area contributed by atoms with Crippen LogP contribution in [0.25, 0.3) is 11.1 Å². The van der Waals surface area contributed by atoms with Crippen LogP contribution in [0.2, 0.25) is 0 Å². The molecule has 1 atom stereocenters. The van der Waals surface area contributed by atoms with E-state index in [9.17, 15) is 0 Å². The fraction of sp³-hybridized carbons (Fsp3) is 0.545. The summed E-state index contributed by atoms with van der Waals surface area (Å²) in [6.45, 7) is 6.04. The zero-order chi connectivity index (χ0) is 11.9. The Labute approximate surface area is 98.8 Å². The van der Waals surface area contributed by atoms with Gasteiger partial charge in [0.05, 0.1) is 5.69 Å². The molecule has 17 heavy (non-hydrogen) atoms. The lowest BCUT2D eigenvalue weighted by molar-refractivity contribution is 0.442. The van der Waals surface area contributed by atoms with Crippen LogP contribution in [-0.4, -0.2) is 33.8 Å². The Kier molecular flexibility index (Phi) is 2.25. The highest BCUT2D eigenvalue weighted by molar-refractivity contribution is 5.87. The summed E-state index contributed by atoms with van der Waals surface area (Å²) >= 11 is 0. The van der Waals surface area contributed by atoms with E-state index >= 15 is 0 Å². The van der Waals surface area contributed by atoms with Crippen molar-refractivity contribution in [3.05, 3.63) is 12.0 Å². The lowest BCUT2D eigenvalue weighted by Crippen LogP contribution is -2.37. The molecule has 0 bridgehead atoms. The molecule has 0 amide bonds. The summed E-state index contributed by atoms with van der Waals surface area (Å²) in [5, 5.41) is 11.6. The molecule has 90 valence electrons. The molecule has 6 heteroatoms. The lowest BCUT2D eigenvalue weighted by Gasteiger charge is -2.25. The fourth-order valence-electron chi connectivity index (χ4n) is 2.23. The van der Waals surface area contributed by atoms with Crippen LogP contribution in [-0.2, 0) is 0 Å². The van der Waals surface area contributed by atoms with Crippen molar-refractivity contribution >= 4 is 16.9 Å². The maximum absolute atomic E-state index is 5.13. The Morgan fingerprint density at radius 1 is 1.47 bits per heavy atom. The van der Waals surface area contributed by atoms with Crippen molar-refractivity contribution in [3.8, 4) is 0 Å². The van der Waals surface area contributed by atoms with Gasteiger partial charge in [-0.05, 0) is 26.8 Å². The number of hydrogen-bond acceptors (Lipinski definition) is 6. The summed E-state index contributed by atoms with van der Waals surface area (Å²) in [5.41, 5.74) is 1.39. The van der Waals surface area contributed by atoms with Crippen molar-refractivity contribution in [1.82, 2.24) is 20.4 Å². The van der Waals surface area contributed by atoms with E-state index in [-0.39, 0.29) is 5.54 Å². The molecule has 6 nitrogen and oxygen atoms in total. The molecule has 3 heterocycles. The van der Waals surface area contributed by atoms with Crippen molar-refractivity contribution in [3.63, 3.8) is 0 Å². The second kappa shape index (κ2) is 3.66. The van der Waals surface area contributed by atoms with Gasteiger partial charge in [-0.3, -0.25) is 0 Å². The normalized spacial score (nSPS) is 24.4. The predicted octanol–water partition coefficient (Wildman–Crippen LogP) is 1.09. The number of fused-ring (bicyclic) bond motifs is 1. The molecule has 1 fully saturated rings. The van der Waals surface area contributed by atoms with Crippen molar-refractivity contribution in [2.45, 2.75) is 25.8 Å². The molecule has 0 radical (unpaired) electrons. The number of nitrogens with zero attached hydrogens (tertiary/aromatic N) is 3. The molecular formula is C11H15N5O. The third-order valence-electron chi connectivity index (χ3n) is 3.23. The maximum Gasteiger partial charge on any atom is 0.263 e. The summed E-state index contributed by atoms with van der Waals surface area (Å²) < 4.78 is 5.13. The van der Waals surface area contributed by atoms with E-state index in [4.69, 9.17) is 4.52 Å². The number of nitrogens with one attached hydrogen (secondary N) is 2. The van der Waals surface area contributed by atoms with Crippen LogP contribution in [0.4, 0.5) is 5.82 Å². The number of aromatic nitrogens is 3. The third-order valence-corrected chi connectivity index (χ3v) is 3.23.